The Labute approximate surface area is 129 Å². The van der Waals surface area contributed by atoms with Crippen molar-refractivity contribution in [3.8, 4) is 22.9 Å². The molecule has 0 aliphatic heterocycles. The normalized spacial score (nSPS) is 10.3. The minimum absolute atomic E-state index is 0.339. The maximum Gasteiger partial charge on any atom is 0.226 e. The van der Waals surface area contributed by atoms with E-state index in [2.05, 4.69) is 26.1 Å². The first kappa shape index (κ1) is 13.6. The third-order valence-electron chi connectivity index (χ3n) is 2.97. The lowest BCUT2D eigenvalue weighted by molar-refractivity contribution is 0.112. The van der Waals surface area contributed by atoms with Gasteiger partial charge in [0.2, 0.25) is 5.88 Å². The number of carbonyl (C=O) groups is 1. The topological polar surface area (TPSA) is 55.0 Å². The summed E-state index contributed by atoms with van der Waals surface area (Å²) >= 11 is 3.36. The van der Waals surface area contributed by atoms with Crippen molar-refractivity contribution >= 4 is 22.2 Å². The van der Waals surface area contributed by atoms with E-state index < -0.39 is 0 Å². The first-order chi connectivity index (χ1) is 10.3. The summed E-state index contributed by atoms with van der Waals surface area (Å²) in [6.45, 7) is 0. The van der Waals surface area contributed by atoms with E-state index in [0.29, 0.717) is 22.9 Å². The summed E-state index contributed by atoms with van der Waals surface area (Å²) in [5.41, 5.74) is 1.85. The zero-order valence-corrected chi connectivity index (χ0v) is 12.5. The molecule has 4 nitrogen and oxygen atoms in total. The van der Waals surface area contributed by atoms with E-state index in [1.54, 1.807) is 0 Å². The molecule has 1 heterocycles. The Balaban J connectivity index is 1.95. The van der Waals surface area contributed by atoms with Gasteiger partial charge >= 0.3 is 0 Å². The van der Waals surface area contributed by atoms with Gasteiger partial charge in [0.1, 0.15) is 17.0 Å². The molecule has 0 aliphatic carbocycles. The number of aldehydes is 1. The molecule has 0 fully saturated rings. The molecule has 0 atom stereocenters. The van der Waals surface area contributed by atoms with Crippen molar-refractivity contribution < 1.29 is 9.53 Å². The number of rotatable bonds is 4. The number of aromatic nitrogens is 2. The number of nitrogens with one attached hydrogen (secondary N) is 1. The van der Waals surface area contributed by atoms with Gasteiger partial charge in [0.15, 0.2) is 6.29 Å². The summed E-state index contributed by atoms with van der Waals surface area (Å²) in [5, 5.41) is 6.95. The molecular weight excluding hydrogens is 332 g/mol. The Bertz CT molecular complexity index is 752. The first-order valence-corrected chi connectivity index (χ1v) is 7.09. The van der Waals surface area contributed by atoms with Crippen LogP contribution in [-0.4, -0.2) is 16.5 Å². The maximum absolute atomic E-state index is 11.4. The Kier molecular flexibility index (Phi) is 3.83. The van der Waals surface area contributed by atoms with Crippen LogP contribution in [0, 0.1) is 0 Å². The number of hydrogen-bond donors (Lipinski definition) is 1. The van der Waals surface area contributed by atoms with Crippen LogP contribution in [0.25, 0.3) is 11.3 Å². The van der Waals surface area contributed by atoms with Gasteiger partial charge in [-0.15, -0.1) is 0 Å². The van der Waals surface area contributed by atoms with E-state index in [4.69, 9.17) is 4.74 Å². The van der Waals surface area contributed by atoms with Crippen LogP contribution < -0.4 is 4.74 Å². The summed E-state index contributed by atoms with van der Waals surface area (Å²) in [4.78, 5) is 11.4. The van der Waals surface area contributed by atoms with Gasteiger partial charge in [-0.1, -0.05) is 46.3 Å². The molecule has 5 heteroatoms. The molecule has 0 aliphatic rings. The predicted octanol–water partition coefficient (Wildman–Crippen LogP) is 4.44. The van der Waals surface area contributed by atoms with Crippen LogP contribution in [0.15, 0.2) is 59.1 Å². The van der Waals surface area contributed by atoms with Gasteiger partial charge in [-0.3, -0.25) is 4.79 Å². The number of hydrogen-bond acceptors (Lipinski definition) is 3. The summed E-state index contributed by atoms with van der Waals surface area (Å²) in [5.74, 6) is 0.968. The predicted molar refractivity (Wildman–Crippen MR) is 83.6 cm³/mol. The highest BCUT2D eigenvalue weighted by Crippen LogP contribution is 2.30. The van der Waals surface area contributed by atoms with Crippen molar-refractivity contribution in [1.29, 1.82) is 0 Å². The fourth-order valence-corrected chi connectivity index (χ4v) is 2.22. The monoisotopic (exact) mass is 342 g/mol. The average Bonchev–Trinajstić information content (AvgIpc) is 2.93. The highest BCUT2D eigenvalue weighted by atomic mass is 79.9. The van der Waals surface area contributed by atoms with E-state index in [-0.39, 0.29) is 0 Å². The smallest absolute Gasteiger partial charge is 0.226 e. The molecule has 3 rings (SSSR count). The van der Waals surface area contributed by atoms with Crippen LogP contribution >= 0.6 is 15.9 Å². The standard InChI is InChI=1S/C16H11BrN2O2/c17-12-6-8-13(9-7-12)21-16-14(10-20)15(18-19-16)11-4-2-1-3-5-11/h1-10H,(H,18,19). The van der Waals surface area contributed by atoms with Crippen LogP contribution in [0.3, 0.4) is 0 Å². The number of benzene rings is 2. The van der Waals surface area contributed by atoms with E-state index in [9.17, 15) is 4.79 Å². The second-order valence-electron chi connectivity index (χ2n) is 4.35. The van der Waals surface area contributed by atoms with Gasteiger partial charge in [0.25, 0.3) is 0 Å². The lowest BCUT2D eigenvalue weighted by atomic mass is 10.1. The summed E-state index contributed by atoms with van der Waals surface area (Å²) in [6, 6.07) is 16.8. The van der Waals surface area contributed by atoms with Crippen molar-refractivity contribution in [3.63, 3.8) is 0 Å². The lowest BCUT2D eigenvalue weighted by Crippen LogP contribution is -1.89. The third-order valence-corrected chi connectivity index (χ3v) is 3.50. The highest BCUT2D eigenvalue weighted by Gasteiger charge is 2.15. The van der Waals surface area contributed by atoms with Crippen molar-refractivity contribution in [1.82, 2.24) is 10.2 Å². The number of halogens is 1. The highest BCUT2D eigenvalue weighted by molar-refractivity contribution is 9.10. The third kappa shape index (κ3) is 2.87. The van der Waals surface area contributed by atoms with Gasteiger partial charge in [-0.2, -0.15) is 5.10 Å². The number of H-pyrrole nitrogens is 1. The fourth-order valence-electron chi connectivity index (χ4n) is 1.96. The molecule has 1 aromatic heterocycles. The molecule has 1 N–H and O–H groups in total. The molecule has 2 aromatic carbocycles. The average molecular weight is 343 g/mol. The number of ether oxygens (including phenoxy) is 1. The molecule has 104 valence electrons. The molecule has 0 radical (unpaired) electrons. The number of aromatic amines is 1. The van der Waals surface area contributed by atoms with Gasteiger partial charge in [-0.25, -0.2) is 5.10 Å². The van der Waals surface area contributed by atoms with Crippen molar-refractivity contribution in [2.75, 3.05) is 0 Å². The molecular formula is C16H11BrN2O2. The molecule has 0 amide bonds. The Morgan fingerprint density at radius 3 is 2.43 bits per heavy atom. The largest absolute Gasteiger partial charge is 0.439 e. The van der Waals surface area contributed by atoms with Gasteiger partial charge in [0, 0.05) is 10.0 Å². The van der Waals surface area contributed by atoms with Gasteiger partial charge < -0.3 is 4.74 Å². The maximum atomic E-state index is 11.4. The molecule has 3 aromatic rings. The summed E-state index contributed by atoms with van der Waals surface area (Å²) in [7, 11) is 0. The zero-order chi connectivity index (χ0) is 14.7. The second kappa shape index (κ2) is 5.93. The van der Waals surface area contributed by atoms with Crippen LogP contribution in [0.5, 0.6) is 11.6 Å². The molecule has 21 heavy (non-hydrogen) atoms. The van der Waals surface area contributed by atoms with E-state index >= 15 is 0 Å². The Morgan fingerprint density at radius 1 is 1.05 bits per heavy atom. The number of nitrogens with zero attached hydrogens (tertiary/aromatic N) is 1. The van der Waals surface area contributed by atoms with Crippen molar-refractivity contribution in [2.24, 2.45) is 0 Å². The zero-order valence-electron chi connectivity index (χ0n) is 10.9. The van der Waals surface area contributed by atoms with Crippen LogP contribution in [-0.2, 0) is 0 Å². The van der Waals surface area contributed by atoms with Crippen LogP contribution in [0.4, 0.5) is 0 Å². The minimum Gasteiger partial charge on any atom is -0.439 e. The molecule has 0 saturated carbocycles. The number of carbonyl (C=O) groups excluding carboxylic acids is 1. The first-order valence-electron chi connectivity index (χ1n) is 6.30. The molecule has 0 bridgehead atoms. The minimum atomic E-state index is 0.339. The van der Waals surface area contributed by atoms with E-state index in [1.165, 1.54) is 0 Å². The van der Waals surface area contributed by atoms with E-state index in [1.807, 2.05) is 54.6 Å². The van der Waals surface area contributed by atoms with Gasteiger partial charge in [0.05, 0.1) is 0 Å². The Hall–Kier alpha value is -2.40. The molecule has 0 spiro atoms. The summed E-state index contributed by atoms with van der Waals surface area (Å²) in [6.07, 6.45) is 0.750. The fraction of sp³-hybridized carbons (Fsp3) is 0. The second-order valence-corrected chi connectivity index (χ2v) is 5.27. The lowest BCUT2D eigenvalue weighted by Gasteiger charge is -2.03. The molecule has 0 unspecified atom stereocenters. The van der Waals surface area contributed by atoms with Crippen molar-refractivity contribution in [2.45, 2.75) is 0 Å². The van der Waals surface area contributed by atoms with Gasteiger partial charge in [-0.05, 0) is 24.3 Å². The summed E-state index contributed by atoms with van der Waals surface area (Å²) < 4.78 is 6.65. The van der Waals surface area contributed by atoms with Crippen LogP contribution in [0.2, 0.25) is 0 Å². The van der Waals surface area contributed by atoms with Crippen LogP contribution in [0.1, 0.15) is 10.4 Å². The van der Waals surface area contributed by atoms with Crippen molar-refractivity contribution in [3.05, 3.63) is 64.6 Å². The quantitative estimate of drug-likeness (QED) is 0.713. The van der Waals surface area contributed by atoms with E-state index in [0.717, 1.165) is 16.3 Å². The molecule has 0 saturated heterocycles. The SMILES string of the molecule is O=Cc1c(-c2ccccc2)n[nH]c1Oc1ccc(Br)cc1. The Morgan fingerprint density at radius 2 is 1.76 bits per heavy atom.